The van der Waals surface area contributed by atoms with Crippen LogP contribution in [0.3, 0.4) is 0 Å². The standard InChI is InChI=1S/C18H29N3S/c1-19-9-5-6-17(16-19)21-12-10-20(11-13-21)14-15-22-18-7-3-2-4-8-18/h2-4,7-8,17H,5-6,9-16H2,1H3/t17-/m0/s1. The van der Waals surface area contributed by atoms with Crippen molar-refractivity contribution in [2.45, 2.75) is 23.8 Å². The molecule has 4 heteroatoms. The zero-order valence-corrected chi connectivity index (χ0v) is 14.6. The molecule has 2 aliphatic heterocycles. The Morgan fingerprint density at radius 2 is 1.82 bits per heavy atom. The van der Waals surface area contributed by atoms with E-state index in [1.165, 1.54) is 69.3 Å². The maximum atomic E-state index is 2.73. The van der Waals surface area contributed by atoms with Crippen LogP contribution in [0.25, 0.3) is 0 Å². The van der Waals surface area contributed by atoms with Crippen LogP contribution < -0.4 is 0 Å². The molecule has 0 radical (unpaired) electrons. The topological polar surface area (TPSA) is 9.72 Å². The van der Waals surface area contributed by atoms with Crippen LogP contribution >= 0.6 is 11.8 Å². The van der Waals surface area contributed by atoms with Crippen molar-refractivity contribution in [3.8, 4) is 0 Å². The molecule has 0 spiro atoms. The number of benzene rings is 1. The van der Waals surface area contributed by atoms with E-state index in [-0.39, 0.29) is 0 Å². The van der Waals surface area contributed by atoms with Gasteiger partial charge in [-0.1, -0.05) is 18.2 Å². The van der Waals surface area contributed by atoms with Crippen LogP contribution in [0, 0.1) is 0 Å². The molecule has 2 fully saturated rings. The summed E-state index contributed by atoms with van der Waals surface area (Å²) in [6.07, 6.45) is 2.77. The zero-order chi connectivity index (χ0) is 15.2. The molecule has 0 aromatic heterocycles. The third kappa shape index (κ3) is 4.72. The van der Waals surface area contributed by atoms with Gasteiger partial charge in [0.1, 0.15) is 0 Å². The van der Waals surface area contributed by atoms with E-state index in [2.05, 4.69) is 52.1 Å². The fraction of sp³-hybridized carbons (Fsp3) is 0.667. The molecule has 0 N–H and O–H groups in total. The van der Waals surface area contributed by atoms with Crippen molar-refractivity contribution in [3.05, 3.63) is 30.3 Å². The van der Waals surface area contributed by atoms with Gasteiger partial charge in [-0.05, 0) is 38.6 Å². The molecule has 2 heterocycles. The van der Waals surface area contributed by atoms with Crippen LogP contribution in [-0.2, 0) is 0 Å². The number of piperazine rings is 1. The summed E-state index contributed by atoms with van der Waals surface area (Å²) in [6.45, 7) is 8.78. The maximum absolute atomic E-state index is 2.73. The molecule has 0 saturated carbocycles. The van der Waals surface area contributed by atoms with Gasteiger partial charge >= 0.3 is 0 Å². The second-order valence-electron chi connectivity index (χ2n) is 6.60. The Hall–Kier alpha value is -0.550. The first-order valence-corrected chi connectivity index (χ1v) is 9.62. The average molecular weight is 320 g/mol. The van der Waals surface area contributed by atoms with Gasteiger partial charge in [-0.15, -0.1) is 11.8 Å². The van der Waals surface area contributed by atoms with Crippen molar-refractivity contribution >= 4 is 11.8 Å². The third-order valence-electron chi connectivity index (χ3n) is 4.94. The number of hydrogen-bond donors (Lipinski definition) is 0. The Morgan fingerprint density at radius 1 is 1.05 bits per heavy atom. The predicted molar refractivity (Wildman–Crippen MR) is 95.7 cm³/mol. The first kappa shape index (κ1) is 16.3. The van der Waals surface area contributed by atoms with Crippen molar-refractivity contribution in [3.63, 3.8) is 0 Å². The lowest BCUT2D eigenvalue weighted by Gasteiger charge is -2.42. The Balaban J connectivity index is 1.35. The van der Waals surface area contributed by atoms with E-state index in [0.717, 1.165) is 6.04 Å². The molecule has 1 atom stereocenters. The van der Waals surface area contributed by atoms with E-state index in [4.69, 9.17) is 0 Å². The number of hydrogen-bond acceptors (Lipinski definition) is 4. The summed E-state index contributed by atoms with van der Waals surface area (Å²) in [7, 11) is 2.27. The Labute approximate surface area is 139 Å². The largest absolute Gasteiger partial charge is 0.305 e. The lowest BCUT2D eigenvalue weighted by molar-refractivity contribution is 0.0618. The fourth-order valence-electron chi connectivity index (χ4n) is 3.60. The van der Waals surface area contributed by atoms with Gasteiger partial charge in [-0.25, -0.2) is 0 Å². The fourth-order valence-corrected chi connectivity index (χ4v) is 4.53. The van der Waals surface area contributed by atoms with Crippen LogP contribution in [0.15, 0.2) is 35.2 Å². The summed E-state index contributed by atoms with van der Waals surface area (Å²) in [4.78, 5) is 9.26. The second-order valence-corrected chi connectivity index (χ2v) is 7.77. The van der Waals surface area contributed by atoms with Gasteiger partial charge in [0.25, 0.3) is 0 Å². The van der Waals surface area contributed by atoms with E-state index in [0.29, 0.717) is 0 Å². The molecule has 0 unspecified atom stereocenters. The molecule has 1 aromatic carbocycles. The van der Waals surface area contributed by atoms with Gasteiger partial charge in [0.2, 0.25) is 0 Å². The number of rotatable bonds is 5. The van der Waals surface area contributed by atoms with Crippen LogP contribution in [0.2, 0.25) is 0 Å². The zero-order valence-electron chi connectivity index (χ0n) is 13.8. The first-order valence-electron chi connectivity index (χ1n) is 8.64. The Kier molecular flexibility index (Phi) is 6.19. The van der Waals surface area contributed by atoms with Crippen LogP contribution in [-0.4, -0.2) is 79.4 Å². The van der Waals surface area contributed by atoms with Crippen LogP contribution in [0.1, 0.15) is 12.8 Å². The highest BCUT2D eigenvalue weighted by Crippen LogP contribution is 2.19. The summed E-state index contributed by atoms with van der Waals surface area (Å²) < 4.78 is 0. The number of thioether (sulfide) groups is 1. The van der Waals surface area contributed by atoms with Crippen molar-refractivity contribution in [2.75, 3.05) is 58.6 Å². The van der Waals surface area contributed by atoms with Crippen molar-refractivity contribution in [1.82, 2.24) is 14.7 Å². The van der Waals surface area contributed by atoms with Gasteiger partial charge in [0.15, 0.2) is 0 Å². The summed E-state index contributed by atoms with van der Waals surface area (Å²) in [5.41, 5.74) is 0. The lowest BCUT2D eigenvalue weighted by Crippen LogP contribution is -2.54. The number of piperidine rings is 1. The minimum atomic E-state index is 0.805. The smallest absolute Gasteiger partial charge is 0.0224 e. The molecule has 0 amide bonds. The monoisotopic (exact) mass is 319 g/mol. The molecule has 3 nitrogen and oxygen atoms in total. The van der Waals surface area contributed by atoms with Crippen molar-refractivity contribution < 1.29 is 0 Å². The molecular formula is C18H29N3S. The lowest BCUT2D eigenvalue weighted by atomic mass is 10.0. The maximum Gasteiger partial charge on any atom is 0.0224 e. The predicted octanol–water partition coefficient (Wildman–Crippen LogP) is 2.49. The summed E-state index contributed by atoms with van der Waals surface area (Å²) in [5.74, 6) is 1.20. The van der Waals surface area contributed by atoms with Crippen LogP contribution in [0.5, 0.6) is 0 Å². The molecule has 2 aliphatic rings. The number of likely N-dealkylation sites (tertiary alicyclic amines) is 1. The van der Waals surface area contributed by atoms with E-state index in [1.54, 1.807) is 0 Å². The molecule has 1 aromatic rings. The normalized spacial score (nSPS) is 25.4. The number of likely N-dealkylation sites (N-methyl/N-ethyl adjacent to an activating group) is 1. The average Bonchev–Trinajstić information content (AvgIpc) is 2.56. The van der Waals surface area contributed by atoms with Gasteiger partial charge < -0.3 is 4.90 Å². The first-order chi connectivity index (χ1) is 10.8. The summed E-state index contributed by atoms with van der Waals surface area (Å²) in [6, 6.07) is 11.6. The Bertz CT molecular complexity index is 431. The molecule has 3 rings (SSSR count). The SMILES string of the molecule is CN1CCC[C@H](N2CCN(CCSc3ccccc3)CC2)C1. The highest BCUT2D eigenvalue weighted by Gasteiger charge is 2.26. The molecule has 0 aliphatic carbocycles. The van der Waals surface area contributed by atoms with Gasteiger partial charge in [-0.3, -0.25) is 9.80 Å². The highest BCUT2D eigenvalue weighted by molar-refractivity contribution is 7.99. The molecule has 2 saturated heterocycles. The number of nitrogens with zero attached hydrogens (tertiary/aromatic N) is 3. The van der Waals surface area contributed by atoms with Crippen LogP contribution in [0.4, 0.5) is 0 Å². The summed E-state index contributed by atoms with van der Waals surface area (Å²) >= 11 is 1.98. The minimum absolute atomic E-state index is 0.805. The molecule has 22 heavy (non-hydrogen) atoms. The Morgan fingerprint density at radius 3 is 2.55 bits per heavy atom. The van der Waals surface area contributed by atoms with E-state index >= 15 is 0 Å². The van der Waals surface area contributed by atoms with E-state index in [1.807, 2.05) is 11.8 Å². The molecule has 0 bridgehead atoms. The van der Waals surface area contributed by atoms with E-state index < -0.39 is 0 Å². The van der Waals surface area contributed by atoms with Crippen molar-refractivity contribution in [1.29, 1.82) is 0 Å². The van der Waals surface area contributed by atoms with E-state index in [9.17, 15) is 0 Å². The van der Waals surface area contributed by atoms with Gasteiger partial charge in [0, 0.05) is 56.0 Å². The second kappa shape index (κ2) is 8.34. The van der Waals surface area contributed by atoms with Gasteiger partial charge in [0.05, 0.1) is 0 Å². The van der Waals surface area contributed by atoms with Gasteiger partial charge in [-0.2, -0.15) is 0 Å². The quantitative estimate of drug-likeness (QED) is 0.771. The summed E-state index contributed by atoms with van der Waals surface area (Å²) in [5, 5.41) is 0. The molecule has 122 valence electrons. The molecular weight excluding hydrogens is 290 g/mol. The van der Waals surface area contributed by atoms with Crippen molar-refractivity contribution in [2.24, 2.45) is 0 Å². The minimum Gasteiger partial charge on any atom is -0.305 e. The third-order valence-corrected chi connectivity index (χ3v) is 5.93. The highest BCUT2D eigenvalue weighted by atomic mass is 32.2.